The van der Waals surface area contributed by atoms with E-state index in [4.69, 9.17) is 5.11 Å². The molecule has 0 amide bonds. The molecule has 0 saturated heterocycles. The van der Waals surface area contributed by atoms with Gasteiger partial charge in [-0.3, -0.25) is 0 Å². The minimum Gasteiger partial charge on any atom is -0.393 e. The molecule has 0 atom stereocenters. The van der Waals surface area contributed by atoms with Crippen molar-refractivity contribution in [3.63, 3.8) is 0 Å². The highest BCUT2D eigenvalue weighted by molar-refractivity contribution is 4.79. The molecule has 0 spiro atoms. The fourth-order valence-corrected chi connectivity index (χ4v) is 1.16. The fraction of sp³-hybridized carbons (Fsp3) is 1.00. The molecule has 0 unspecified atom stereocenters. The van der Waals surface area contributed by atoms with Crippen LogP contribution in [0.15, 0.2) is 0 Å². The number of hydrogen-bond acceptors (Lipinski definition) is 2. The smallest absolute Gasteiger partial charge is 0.0546 e. The minimum absolute atomic E-state index is 0.00773. The first-order valence-electron chi connectivity index (χ1n) is 3.15. The largest absolute Gasteiger partial charge is 0.393 e. The van der Waals surface area contributed by atoms with Crippen molar-refractivity contribution in [2.75, 3.05) is 13.6 Å². The maximum absolute atomic E-state index is 8.82. The van der Waals surface area contributed by atoms with Crippen LogP contribution in [0.25, 0.3) is 0 Å². The summed E-state index contributed by atoms with van der Waals surface area (Å²) in [5.41, 5.74) is 0. The zero-order valence-corrected chi connectivity index (χ0v) is 5.22. The Bertz CT molecular complexity index is 66.2. The Labute approximate surface area is 49.9 Å². The molecule has 0 heterocycles. The molecule has 1 aliphatic carbocycles. The highest BCUT2D eigenvalue weighted by Gasteiger charge is 2.25. The summed E-state index contributed by atoms with van der Waals surface area (Å²) >= 11 is 0. The second-order valence-corrected chi connectivity index (χ2v) is 2.55. The van der Waals surface area contributed by atoms with E-state index in [1.807, 2.05) is 7.05 Å². The molecule has 2 nitrogen and oxygen atoms in total. The molecule has 1 saturated carbocycles. The lowest BCUT2D eigenvalue weighted by Crippen LogP contribution is -2.34. The quantitative estimate of drug-likeness (QED) is 0.530. The maximum Gasteiger partial charge on any atom is 0.0546 e. The lowest BCUT2D eigenvalue weighted by Gasteiger charge is -2.30. The van der Waals surface area contributed by atoms with Gasteiger partial charge in [0.05, 0.1) is 6.10 Å². The molecular weight excluding hydrogens is 102 g/mol. The van der Waals surface area contributed by atoms with Gasteiger partial charge in [-0.25, -0.2) is 0 Å². The van der Waals surface area contributed by atoms with E-state index >= 15 is 0 Å². The summed E-state index contributed by atoms with van der Waals surface area (Å²) in [4.78, 5) is 0. The van der Waals surface area contributed by atoms with Crippen LogP contribution in [-0.2, 0) is 0 Å². The third-order valence-electron chi connectivity index (χ3n) is 1.70. The molecule has 0 radical (unpaired) electrons. The lowest BCUT2D eigenvalue weighted by atomic mass is 9.82. The summed E-state index contributed by atoms with van der Waals surface area (Å²) < 4.78 is 0. The van der Waals surface area contributed by atoms with E-state index in [1.165, 1.54) is 0 Å². The molecule has 0 aromatic carbocycles. The molecule has 0 aromatic heterocycles. The van der Waals surface area contributed by atoms with E-state index in [-0.39, 0.29) is 6.10 Å². The third-order valence-corrected chi connectivity index (χ3v) is 1.70. The second-order valence-electron chi connectivity index (χ2n) is 2.55. The molecule has 1 rings (SSSR count). The summed E-state index contributed by atoms with van der Waals surface area (Å²) in [6, 6.07) is 0. The van der Waals surface area contributed by atoms with Crippen molar-refractivity contribution < 1.29 is 5.11 Å². The SMILES string of the molecule is CNC[C@H]1C[C@@H](O)C1. The zero-order chi connectivity index (χ0) is 5.98. The van der Waals surface area contributed by atoms with Crippen molar-refractivity contribution in [1.82, 2.24) is 5.32 Å². The summed E-state index contributed by atoms with van der Waals surface area (Å²) in [6.45, 7) is 1.07. The molecule has 0 aliphatic heterocycles. The number of aliphatic hydroxyl groups excluding tert-OH is 1. The molecule has 8 heavy (non-hydrogen) atoms. The molecule has 2 heteroatoms. The number of aliphatic hydroxyl groups is 1. The van der Waals surface area contributed by atoms with Gasteiger partial charge >= 0.3 is 0 Å². The number of nitrogens with one attached hydrogen (secondary N) is 1. The van der Waals surface area contributed by atoms with Crippen molar-refractivity contribution in [2.45, 2.75) is 18.9 Å². The fourth-order valence-electron chi connectivity index (χ4n) is 1.16. The van der Waals surface area contributed by atoms with Crippen LogP contribution in [0, 0.1) is 5.92 Å². The van der Waals surface area contributed by atoms with E-state index in [9.17, 15) is 0 Å². The average molecular weight is 115 g/mol. The molecule has 1 fully saturated rings. The van der Waals surface area contributed by atoms with Crippen LogP contribution >= 0.6 is 0 Å². The number of rotatable bonds is 2. The minimum atomic E-state index is 0.00773. The molecule has 48 valence electrons. The topological polar surface area (TPSA) is 32.3 Å². The van der Waals surface area contributed by atoms with Crippen molar-refractivity contribution >= 4 is 0 Å². The zero-order valence-electron chi connectivity index (χ0n) is 5.22. The Morgan fingerprint density at radius 2 is 2.25 bits per heavy atom. The predicted molar refractivity (Wildman–Crippen MR) is 32.7 cm³/mol. The van der Waals surface area contributed by atoms with Crippen molar-refractivity contribution in [2.24, 2.45) is 5.92 Å². The van der Waals surface area contributed by atoms with Crippen LogP contribution in [0.3, 0.4) is 0 Å². The van der Waals surface area contributed by atoms with Gasteiger partial charge in [0.15, 0.2) is 0 Å². The molecule has 1 aliphatic rings. The monoisotopic (exact) mass is 115 g/mol. The van der Waals surface area contributed by atoms with Gasteiger partial charge in [-0.15, -0.1) is 0 Å². The Morgan fingerprint density at radius 1 is 1.62 bits per heavy atom. The highest BCUT2D eigenvalue weighted by atomic mass is 16.3. The Hall–Kier alpha value is -0.0800. The van der Waals surface area contributed by atoms with Gasteiger partial charge in [0.1, 0.15) is 0 Å². The highest BCUT2D eigenvalue weighted by Crippen LogP contribution is 2.25. The first-order chi connectivity index (χ1) is 3.83. The predicted octanol–water partition coefficient (Wildman–Crippen LogP) is -0.0233. The van der Waals surface area contributed by atoms with Gasteiger partial charge in [-0.2, -0.15) is 0 Å². The van der Waals surface area contributed by atoms with E-state index in [2.05, 4.69) is 5.32 Å². The standard InChI is InChI=1S/C6H13NO/c1-7-4-5-2-6(8)3-5/h5-8H,2-4H2,1H3/t5-,6+. The van der Waals surface area contributed by atoms with Gasteiger partial charge in [0.2, 0.25) is 0 Å². The van der Waals surface area contributed by atoms with Crippen LogP contribution in [-0.4, -0.2) is 24.8 Å². The summed E-state index contributed by atoms with van der Waals surface area (Å²) in [6.07, 6.45) is 2.01. The van der Waals surface area contributed by atoms with E-state index in [0.29, 0.717) is 0 Å². The second kappa shape index (κ2) is 2.46. The van der Waals surface area contributed by atoms with Crippen LogP contribution in [0.5, 0.6) is 0 Å². The first-order valence-corrected chi connectivity index (χ1v) is 3.15. The van der Waals surface area contributed by atoms with Crippen molar-refractivity contribution in [3.05, 3.63) is 0 Å². The Kier molecular flexibility index (Phi) is 1.86. The van der Waals surface area contributed by atoms with Crippen LogP contribution in [0.4, 0.5) is 0 Å². The van der Waals surface area contributed by atoms with Crippen LogP contribution in [0.2, 0.25) is 0 Å². The molecular formula is C6H13NO. The summed E-state index contributed by atoms with van der Waals surface area (Å²) in [5.74, 6) is 0.745. The van der Waals surface area contributed by atoms with Gasteiger partial charge < -0.3 is 10.4 Å². The lowest BCUT2D eigenvalue weighted by molar-refractivity contribution is 0.0439. The molecule has 0 bridgehead atoms. The first kappa shape index (κ1) is 6.05. The third kappa shape index (κ3) is 1.20. The van der Waals surface area contributed by atoms with Gasteiger partial charge in [-0.05, 0) is 32.4 Å². The van der Waals surface area contributed by atoms with Crippen molar-refractivity contribution in [3.8, 4) is 0 Å². The summed E-state index contributed by atoms with van der Waals surface area (Å²) in [5, 5.41) is 11.9. The van der Waals surface area contributed by atoms with E-state index in [0.717, 1.165) is 25.3 Å². The average Bonchev–Trinajstić information content (AvgIpc) is 1.64. The van der Waals surface area contributed by atoms with Gasteiger partial charge in [0, 0.05) is 0 Å². The Balaban J connectivity index is 1.98. The van der Waals surface area contributed by atoms with Crippen LogP contribution < -0.4 is 5.32 Å². The molecule has 2 N–H and O–H groups in total. The van der Waals surface area contributed by atoms with Gasteiger partial charge in [-0.1, -0.05) is 0 Å². The number of hydrogen-bond donors (Lipinski definition) is 2. The maximum atomic E-state index is 8.82. The van der Waals surface area contributed by atoms with E-state index in [1.54, 1.807) is 0 Å². The Morgan fingerprint density at radius 3 is 2.62 bits per heavy atom. The van der Waals surface area contributed by atoms with Crippen molar-refractivity contribution in [1.29, 1.82) is 0 Å². The van der Waals surface area contributed by atoms with Crippen LogP contribution in [0.1, 0.15) is 12.8 Å². The normalized spacial score (nSPS) is 36.8. The van der Waals surface area contributed by atoms with E-state index < -0.39 is 0 Å². The summed E-state index contributed by atoms with van der Waals surface area (Å²) in [7, 11) is 1.95. The van der Waals surface area contributed by atoms with Gasteiger partial charge in [0.25, 0.3) is 0 Å². The molecule has 0 aromatic rings.